The van der Waals surface area contributed by atoms with Crippen LogP contribution in [0.3, 0.4) is 0 Å². The van der Waals surface area contributed by atoms with Gasteiger partial charge in [0, 0.05) is 10.5 Å². The summed E-state index contributed by atoms with van der Waals surface area (Å²) in [5.41, 5.74) is 0.399. The first-order valence-corrected chi connectivity index (χ1v) is 5.88. The lowest BCUT2D eigenvalue weighted by molar-refractivity contribution is 0.631. The van der Waals surface area contributed by atoms with Gasteiger partial charge in [-0.25, -0.2) is 4.39 Å². The highest BCUT2D eigenvalue weighted by Gasteiger charge is 2.21. The van der Waals surface area contributed by atoms with E-state index in [1.807, 2.05) is 0 Å². The summed E-state index contributed by atoms with van der Waals surface area (Å²) >= 11 is 8.24. The molecule has 2 rings (SSSR count). The van der Waals surface area contributed by atoms with Gasteiger partial charge < -0.3 is 10.6 Å². The number of halogens is 2. The summed E-state index contributed by atoms with van der Waals surface area (Å²) in [4.78, 5) is 0. The van der Waals surface area contributed by atoms with Gasteiger partial charge in [-0.3, -0.25) is 0 Å². The molecule has 0 amide bonds. The standard InChI is InChI=1S/C10H10BrFN2S/c11-6-1-4-9(8(12)5-6)14-10(15)13-7-2-3-7/h1,4-5,7H,2-3H2,(H2,13,14,15). The Morgan fingerprint density at radius 1 is 1.47 bits per heavy atom. The van der Waals surface area contributed by atoms with Gasteiger partial charge in [-0.15, -0.1) is 0 Å². The SMILES string of the molecule is Fc1cc(Br)ccc1NC(=S)NC1CC1. The third-order valence-corrected chi connectivity index (χ3v) is 2.81. The van der Waals surface area contributed by atoms with E-state index in [1.165, 1.54) is 6.07 Å². The van der Waals surface area contributed by atoms with Crippen molar-refractivity contribution in [3.63, 3.8) is 0 Å². The Bertz CT molecular complexity index is 393. The van der Waals surface area contributed by atoms with E-state index < -0.39 is 0 Å². The Morgan fingerprint density at radius 3 is 2.80 bits per heavy atom. The zero-order chi connectivity index (χ0) is 10.8. The molecule has 0 aromatic heterocycles. The summed E-state index contributed by atoms with van der Waals surface area (Å²) in [6.45, 7) is 0. The van der Waals surface area contributed by atoms with Crippen LogP contribution in [0.2, 0.25) is 0 Å². The number of hydrogen-bond donors (Lipinski definition) is 2. The monoisotopic (exact) mass is 288 g/mol. The lowest BCUT2D eigenvalue weighted by Gasteiger charge is -2.10. The second-order valence-corrected chi connectivity index (χ2v) is 4.82. The Kier molecular flexibility index (Phi) is 3.21. The zero-order valence-electron chi connectivity index (χ0n) is 7.89. The van der Waals surface area contributed by atoms with Crippen LogP contribution < -0.4 is 10.6 Å². The summed E-state index contributed by atoms with van der Waals surface area (Å²) in [6, 6.07) is 5.30. The first kappa shape index (κ1) is 10.8. The molecule has 1 aromatic rings. The molecule has 1 aliphatic rings. The third kappa shape index (κ3) is 3.14. The molecular weight excluding hydrogens is 279 g/mol. The van der Waals surface area contributed by atoms with Crippen LogP contribution in [0.25, 0.3) is 0 Å². The summed E-state index contributed by atoms with van der Waals surface area (Å²) < 4.78 is 14.1. The number of thiocarbonyl (C=S) groups is 1. The zero-order valence-corrected chi connectivity index (χ0v) is 10.3. The molecule has 1 fully saturated rings. The quantitative estimate of drug-likeness (QED) is 0.818. The number of benzene rings is 1. The lowest BCUT2D eigenvalue weighted by atomic mass is 10.3. The van der Waals surface area contributed by atoms with E-state index in [9.17, 15) is 4.39 Å². The molecule has 0 unspecified atom stereocenters. The van der Waals surface area contributed by atoms with Crippen molar-refractivity contribution in [2.75, 3.05) is 5.32 Å². The van der Waals surface area contributed by atoms with Gasteiger partial charge >= 0.3 is 0 Å². The van der Waals surface area contributed by atoms with Crippen molar-refractivity contribution in [3.05, 3.63) is 28.5 Å². The maximum Gasteiger partial charge on any atom is 0.171 e. The highest BCUT2D eigenvalue weighted by atomic mass is 79.9. The van der Waals surface area contributed by atoms with E-state index >= 15 is 0 Å². The highest BCUT2D eigenvalue weighted by Crippen LogP contribution is 2.21. The first-order valence-electron chi connectivity index (χ1n) is 4.68. The van der Waals surface area contributed by atoms with E-state index in [-0.39, 0.29) is 5.82 Å². The van der Waals surface area contributed by atoms with Crippen LogP contribution in [0, 0.1) is 5.82 Å². The van der Waals surface area contributed by atoms with Gasteiger partial charge in [0.05, 0.1) is 5.69 Å². The predicted molar refractivity (Wildman–Crippen MR) is 66.5 cm³/mol. The molecule has 0 atom stereocenters. The second kappa shape index (κ2) is 4.45. The van der Waals surface area contributed by atoms with Gasteiger partial charge in [0.15, 0.2) is 5.11 Å². The molecule has 0 radical (unpaired) electrons. The Labute approximate surface area is 101 Å². The summed E-state index contributed by atoms with van der Waals surface area (Å²) in [7, 11) is 0. The molecule has 0 saturated heterocycles. The van der Waals surface area contributed by atoms with Gasteiger partial charge in [-0.05, 0) is 43.3 Å². The maximum atomic E-state index is 13.4. The molecule has 5 heteroatoms. The molecule has 2 nitrogen and oxygen atoms in total. The highest BCUT2D eigenvalue weighted by molar-refractivity contribution is 9.10. The number of hydrogen-bond acceptors (Lipinski definition) is 1. The minimum absolute atomic E-state index is 0.315. The lowest BCUT2D eigenvalue weighted by Crippen LogP contribution is -2.30. The predicted octanol–water partition coefficient (Wildman–Crippen LogP) is 3.04. The fourth-order valence-electron chi connectivity index (χ4n) is 1.16. The second-order valence-electron chi connectivity index (χ2n) is 3.50. The fraction of sp³-hybridized carbons (Fsp3) is 0.300. The maximum absolute atomic E-state index is 13.4. The molecule has 0 aliphatic heterocycles. The average Bonchev–Trinajstić information content (AvgIpc) is 2.94. The molecular formula is C10H10BrFN2S. The van der Waals surface area contributed by atoms with E-state index in [4.69, 9.17) is 12.2 Å². The Morgan fingerprint density at radius 2 is 2.20 bits per heavy atom. The third-order valence-electron chi connectivity index (χ3n) is 2.09. The molecule has 0 spiro atoms. The summed E-state index contributed by atoms with van der Waals surface area (Å²) in [5.74, 6) is -0.315. The molecule has 1 aromatic carbocycles. The van der Waals surface area contributed by atoms with Crippen LogP contribution in [0.4, 0.5) is 10.1 Å². The van der Waals surface area contributed by atoms with Crippen LogP contribution in [-0.4, -0.2) is 11.2 Å². The molecule has 0 bridgehead atoms. The van der Waals surface area contributed by atoms with E-state index in [0.29, 0.717) is 21.3 Å². The van der Waals surface area contributed by atoms with E-state index in [1.54, 1.807) is 12.1 Å². The molecule has 15 heavy (non-hydrogen) atoms. The summed E-state index contributed by atoms with van der Waals surface area (Å²) in [5, 5.41) is 6.40. The minimum atomic E-state index is -0.315. The number of rotatable bonds is 2. The average molecular weight is 289 g/mol. The van der Waals surface area contributed by atoms with Crippen LogP contribution in [-0.2, 0) is 0 Å². The van der Waals surface area contributed by atoms with Crippen LogP contribution in [0.1, 0.15) is 12.8 Å². The van der Waals surface area contributed by atoms with E-state index in [0.717, 1.165) is 12.8 Å². The normalized spacial score (nSPS) is 14.8. The van der Waals surface area contributed by atoms with Gasteiger partial charge in [0.25, 0.3) is 0 Å². The van der Waals surface area contributed by atoms with Crippen molar-refractivity contribution in [1.29, 1.82) is 0 Å². The molecule has 0 heterocycles. The first-order chi connectivity index (χ1) is 7.15. The van der Waals surface area contributed by atoms with Gasteiger partial charge in [-0.1, -0.05) is 15.9 Å². The number of anilines is 1. The number of nitrogens with one attached hydrogen (secondary N) is 2. The van der Waals surface area contributed by atoms with Crippen LogP contribution in [0.5, 0.6) is 0 Å². The van der Waals surface area contributed by atoms with Crippen molar-refractivity contribution >= 4 is 38.9 Å². The molecule has 1 aliphatic carbocycles. The molecule has 80 valence electrons. The van der Waals surface area contributed by atoms with Crippen molar-refractivity contribution in [2.24, 2.45) is 0 Å². The fourth-order valence-corrected chi connectivity index (χ4v) is 1.77. The molecule has 1 saturated carbocycles. The molecule has 2 N–H and O–H groups in total. The Hall–Kier alpha value is -0.680. The van der Waals surface area contributed by atoms with Crippen molar-refractivity contribution in [2.45, 2.75) is 18.9 Å². The topological polar surface area (TPSA) is 24.1 Å². The van der Waals surface area contributed by atoms with Gasteiger partial charge in [-0.2, -0.15) is 0 Å². The van der Waals surface area contributed by atoms with E-state index in [2.05, 4.69) is 26.6 Å². The van der Waals surface area contributed by atoms with Crippen molar-refractivity contribution < 1.29 is 4.39 Å². The Balaban J connectivity index is 1.99. The minimum Gasteiger partial charge on any atom is -0.360 e. The van der Waals surface area contributed by atoms with Crippen molar-refractivity contribution in [1.82, 2.24) is 5.32 Å². The summed E-state index contributed by atoms with van der Waals surface area (Å²) in [6.07, 6.45) is 2.29. The van der Waals surface area contributed by atoms with Crippen LogP contribution >= 0.6 is 28.1 Å². The smallest absolute Gasteiger partial charge is 0.171 e. The van der Waals surface area contributed by atoms with Crippen molar-refractivity contribution in [3.8, 4) is 0 Å². The van der Waals surface area contributed by atoms with Gasteiger partial charge in [0.1, 0.15) is 5.82 Å². The largest absolute Gasteiger partial charge is 0.360 e. The van der Waals surface area contributed by atoms with Gasteiger partial charge in [0.2, 0.25) is 0 Å². The van der Waals surface area contributed by atoms with Crippen LogP contribution in [0.15, 0.2) is 22.7 Å².